The second-order valence-electron chi connectivity index (χ2n) is 13.7. The van der Waals surface area contributed by atoms with Crippen molar-refractivity contribution in [3.63, 3.8) is 0 Å². The van der Waals surface area contributed by atoms with Gasteiger partial charge < -0.3 is 0 Å². The molecule has 2 aliphatic carbocycles. The van der Waals surface area contributed by atoms with Gasteiger partial charge in [-0.15, -0.1) is 0 Å². The fourth-order valence-electron chi connectivity index (χ4n) is 6.16. The Hall–Kier alpha value is -2.60. The lowest BCUT2D eigenvalue weighted by molar-refractivity contribution is 0.255. The maximum Gasteiger partial charge on any atom is 0.00285 e. The van der Waals surface area contributed by atoms with E-state index in [2.05, 4.69) is 148 Å². The minimum atomic E-state index is 0.346. The van der Waals surface area contributed by atoms with Crippen LogP contribution in [0.15, 0.2) is 118 Å². The van der Waals surface area contributed by atoms with Crippen molar-refractivity contribution in [3.05, 3.63) is 118 Å². The molecule has 1 unspecified atom stereocenters. The smallest absolute Gasteiger partial charge is 0.00285 e. The molecule has 0 saturated heterocycles. The number of hydrogen-bond acceptors (Lipinski definition) is 0. The topological polar surface area (TPSA) is 0 Å². The van der Waals surface area contributed by atoms with E-state index < -0.39 is 0 Å². The van der Waals surface area contributed by atoms with Crippen LogP contribution in [0.5, 0.6) is 0 Å². The molecule has 0 bridgehead atoms. The van der Waals surface area contributed by atoms with Gasteiger partial charge in [0.25, 0.3) is 0 Å². The van der Waals surface area contributed by atoms with Gasteiger partial charge >= 0.3 is 0 Å². The van der Waals surface area contributed by atoms with E-state index in [1.807, 2.05) is 0 Å². The zero-order chi connectivity index (χ0) is 29.8. The molecule has 0 heterocycles. The van der Waals surface area contributed by atoms with Crippen molar-refractivity contribution in [2.24, 2.45) is 16.7 Å². The van der Waals surface area contributed by atoms with Crippen molar-refractivity contribution in [3.8, 4) is 0 Å². The molecule has 218 valence electrons. The molecular formula is C40H58. The molecule has 0 N–H and O–H groups in total. The first-order valence-corrected chi connectivity index (χ1v) is 15.6. The van der Waals surface area contributed by atoms with E-state index >= 15 is 0 Å². The monoisotopic (exact) mass is 538 g/mol. The quantitative estimate of drug-likeness (QED) is 0.181. The highest BCUT2D eigenvalue weighted by Crippen LogP contribution is 2.43. The van der Waals surface area contributed by atoms with E-state index in [1.54, 1.807) is 11.1 Å². The molecule has 0 nitrogen and oxygen atoms in total. The van der Waals surface area contributed by atoms with Crippen LogP contribution in [0.4, 0.5) is 0 Å². The van der Waals surface area contributed by atoms with Gasteiger partial charge in [-0.05, 0) is 97.3 Å². The molecule has 40 heavy (non-hydrogen) atoms. The molecule has 0 heteroatoms. The molecule has 0 aromatic rings. The Morgan fingerprint density at radius 2 is 1.35 bits per heavy atom. The Morgan fingerprint density at radius 3 is 1.95 bits per heavy atom. The SMILES string of the molecule is CC1=CCCC(C)(C)C1/C=C/C(C)=C/C=C/C(C)=C/C=C/C=C(C)/C=C/C=C(\C)CCC1=C(C)CCCC1(C)C. The normalized spacial score (nSPS) is 23.4. The molecule has 2 aliphatic rings. The van der Waals surface area contributed by atoms with E-state index in [1.165, 1.54) is 66.4 Å². The van der Waals surface area contributed by atoms with Crippen molar-refractivity contribution in [1.29, 1.82) is 0 Å². The molecule has 0 radical (unpaired) electrons. The molecule has 0 aromatic carbocycles. The Bertz CT molecular complexity index is 1150. The summed E-state index contributed by atoms with van der Waals surface area (Å²) in [5.41, 5.74) is 10.8. The van der Waals surface area contributed by atoms with Gasteiger partial charge in [-0.1, -0.05) is 146 Å². The first kappa shape index (κ1) is 33.6. The summed E-state index contributed by atoms with van der Waals surface area (Å²) in [6.07, 6.45) is 37.7. The molecule has 0 saturated carbocycles. The zero-order valence-electron chi connectivity index (χ0n) is 27.5. The lowest BCUT2D eigenvalue weighted by Gasteiger charge is -2.36. The third kappa shape index (κ3) is 11.5. The number of hydrogen-bond donors (Lipinski definition) is 0. The van der Waals surface area contributed by atoms with E-state index in [9.17, 15) is 0 Å². The van der Waals surface area contributed by atoms with Gasteiger partial charge in [-0.25, -0.2) is 0 Å². The highest BCUT2D eigenvalue weighted by Gasteiger charge is 2.30. The molecule has 0 spiro atoms. The van der Waals surface area contributed by atoms with Crippen LogP contribution in [-0.2, 0) is 0 Å². The lowest BCUT2D eigenvalue weighted by Crippen LogP contribution is -2.26. The van der Waals surface area contributed by atoms with E-state index in [4.69, 9.17) is 0 Å². The maximum absolute atomic E-state index is 2.42. The van der Waals surface area contributed by atoms with E-state index in [0.717, 1.165) is 6.42 Å². The standard InChI is InChI=1S/C40H58/c1-31(19-13-21-33(3)25-27-37-35(5)23-15-29-39(37,7)8)17-11-12-18-32(2)20-14-22-34(4)26-28-38-36(6)24-16-30-40(38,9)10/h11-14,17-23,25,27,37H,15-16,24,26,28-30H2,1-10H3/b12-11+,19-13+,20-14+,27-25+,31-17+,32-18+,33-21+,34-22+. The summed E-state index contributed by atoms with van der Waals surface area (Å²) >= 11 is 0. The third-order valence-electron chi connectivity index (χ3n) is 8.88. The molecule has 0 aliphatic heterocycles. The predicted molar refractivity (Wildman–Crippen MR) is 181 cm³/mol. The Balaban J connectivity index is 1.83. The fraction of sp³-hybridized carbons (Fsp3) is 0.500. The van der Waals surface area contributed by atoms with Gasteiger partial charge in [-0.2, -0.15) is 0 Å². The molecule has 2 rings (SSSR count). The molecule has 0 fully saturated rings. The van der Waals surface area contributed by atoms with Crippen molar-refractivity contribution in [1.82, 2.24) is 0 Å². The summed E-state index contributed by atoms with van der Waals surface area (Å²) in [4.78, 5) is 0. The highest BCUT2D eigenvalue weighted by atomic mass is 14.4. The Kier molecular flexibility index (Phi) is 13.4. The maximum atomic E-state index is 2.42. The van der Waals surface area contributed by atoms with Crippen LogP contribution in [0.2, 0.25) is 0 Å². The van der Waals surface area contributed by atoms with Gasteiger partial charge in [0, 0.05) is 5.92 Å². The van der Waals surface area contributed by atoms with Gasteiger partial charge in [0.15, 0.2) is 0 Å². The van der Waals surface area contributed by atoms with Crippen molar-refractivity contribution >= 4 is 0 Å². The van der Waals surface area contributed by atoms with Crippen LogP contribution in [0, 0.1) is 16.7 Å². The van der Waals surface area contributed by atoms with Crippen LogP contribution in [0.25, 0.3) is 0 Å². The fourth-order valence-corrected chi connectivity index (χ4v) is 6.16. The summed E-state index contributed by atoms with van der Waals surface area (Å²) < 4.78 is 0. The van der Waals surface area contributed by atoms with Crippen LogP contribution >= 0.6 is 0 Å². The predicted octanol–water partition coefficient (Wildman–Crippen LogP) is 12.7. The summed E-state index contributed by atoms with van der Waals surface area (Å²) in [5.74, 6) is 0.535. The Morgan fingerprint density at radius 1 is 0.775 bits per heavy atom. The summed E-state index contributed by atoms with van der Waals surface area (Å²) in [6, 6.07) is 0. The van der Waals surface area contributed by atoms with Gasteiger partial charge in [0.1, 0.15) is 0 Å². The minimum absolute atomic E-state index is 0.346. The van der Waals surface area contributed by atoms with Gasteiger partial charge in [0.2, 0.25) is 0 Å². The van der Waals surface area contributed by atoms with E-state index in [-0.39, 0.29) is 0 Å². The first-order chi connectivity index (χ1) is 18.8. The average Bonchev–Trinajstić information content (AvgIpc) is 2.85. The number of allylic oxidation sites excluding steroid dienone is 20. The zero-order valence-corrected chi connectivity index (χ0v) is 27.5. The molecule has 0 aromatic heterocycles. The van der Waals surface area contributed by atoms with Crippen LogP contribution < -0.4 is 0 Å². The minimum Gasteiger partial charge on any atom is -0.0850 e. The highest BCUT2D eigenvalue weighted by molar-refractivity contribution is 5.32. The third-order valence-corrected chi connectivity index (χ3v) is 8.88. The second-order valence-corrected chi connectivity index (χ2v) is 13.7. The molecule has 1 atom stereocenters. The Labute approximate surface area is 248 Å². The van der Waals surface area contributed by atoms with Crippen LogP contribution in [-0.4, -0.2) is 0 Å². The van der Waals surface area contributed by atoms with Crippen molar-refractivity contribution in [2.45, 2.75) is 114 Å². The first-order valence-electron chi connectivity index (χ1n) is 15.6. The van der Waals surface area contributed by atoms with Gasteiger partial charge in [0.05, 0.1) is 0 Å². The van der Waals surface area contributed by atoms with Crippen LogP contribution in [0.1, 0.15) is 114 Å². The van der Waals surface area contributed by atoms with Crippen LogP contribution in [0.3, 0.4) is 0 Å². The average molecular weight is 539 g/mol. The van der Waals surface area contributed by atoms with E-state index in [0.29, 0.717) is 16.7 Å². The summed E-state index contributed by atoms with van der Waals surface area (Å²) in [5, 5.41) is 0. The number of rotatable bonds is 11. The largest absolute Gasteiger partial charge is 0.0850 e. The lowest BCUT2D eigenvalue weighted by atomic mass is 9.68. The summed E-state index contributed by atoms with van der Waals surface area (Å²) in [7, 11) is 0. The molecular weight excluding hydrogens is 480 g/mol. The van der Waals surface area contributed by atoms with Crippen molar-refractivity contribution in [2.75, 3.05) is 0 Å². The molecule has 0 amide bonds. The van der Waals surface area contributed by atoms with Gasteiger partial charge in [-0.3, -0.25) is 0 Å². The summed E-state index contributed by atoms with van der Waals surface area (Å²) in [6.45, 7) is 23.0. The second kappa shape index (κ2) is 16.0. The van der Waals surface area contributed by atoms with Crippen molar-refractivity contribution < 1.29 is 0 Å².